The van der Waals surface area contributed by atoms with Gasteiger partial charge in [0.1, 0.15) is 5.75 Å². The molecule has 1 aliphatic carbocycles. The molecule has 4 heteroatoms. The molecule has 0 radical (unpaired) electrons. The Hall–Kier alpha value is -1.32. The van der Waals surface area contributed by atoms with Crippen molar-refractivity contribution < 1.29 is 13.5 Å². The summed E-state index contributed by atoms with van der Waals surface area (Å²) >= 11 is 0. The highest BCUT2D eigenvalue weighted by Crippen LogP contribution is 2.22. The maximum Gasteiger partial charge on any atom is 0.387 e. The third-order valence-electron chi connectivity index (χ3n) is 3.56. The SMILES string of the molecule is FC(F)Oc1ccc(NC2CCCCCCC2)cc1. The topological polar surface area (TPSA) is 21.3 Å². The number of ether oxygens (including phenoxy) is 1. The lowest BCUT2D eigenvalue weighted by Crippen LogP contribution is -2.20. The van der Waals surface area contributed by atoms with Gasteiger partial charge in [-0.25, -0.2) is 0 Å². The maximum absolute atomic E-state index is 12.0. The summed E-state index contributed by atoms with van der Waals surface area (Å²) in [5.74, 6) is 0.207. The number of nitrogens with one attached hydrogen (secondary N) is 1. The Bertz CT molecular complexity index is 359. The molecule has 2 nitrogen and oxygen atoms in total. The Balaban J connectivity index is 1.87. The van der Waals surface area contributed by atoms with Gasteiger partial charge in [0.2, 0.25) is 0 Å². The Labute approximate surface area is 113 Å². The van der Waals surface area contributed by atoms with Gasteiger partial charge >= 0.3 is 6.61 Å². The average Bonchev–Trinajstić information content (AvgIpc) is 2.34. The molecular formula is C15H21F2NO. The van der Waals surface area contributed by atoms with E-state index in [2.05, 4.69) is 10.1 Å². The van der Waals surface area contributed by atoms with Crippen LogP contribution in [-0.4, -0.2) is 12.7 Å². The van der Waals surface area contributed by atoms with Crippen molar-refractivity contribution in [1.29, 1.82) is 0 Å². The van der Waals surface area contributed by atoms with Crippen LogP contribution in [-0.2, 0) is 0 Å². The third kappa shape index (κ3) is 5.05. The second kappa shape index (κ2) is 7.31. The summed E-state index contributed by atoms with van der Waals surface area (Å²) in [6, 6.07) is 7.27. The van der Waals surface area contributed by atoms with Crippen LogP contribution in [0.5, 0.6) is 5.75 Å². The smallest absolute Gasteiger partial charge is 0.387 e. The molecule has 2 rings (SSSR count). The second-order valence-corrected chi connectivity index (χ2v) is 5.09. The molecule has 1 N–H and O–H groups in total. The highest BCUT2D eigenvalue weighted by Gasteiger charge is 2.11. The predicted molar refractivity (Wildman–Crippen MR) is 72.8 cm³/mol. The van der Waals surface area contributed by atoms with Crippen molar-refractivity contribution in [3.8, 4) is 5.75 Å². The number of rotatable bonds is 4. The summed E-state index contributed by atoms with van der Waals surface area (Å²) in [5, 5.41) is 3.49. The van der Waals surface area contributed by atoms with Gasteiger partial charge in [0, 0.05) is 11.7 Å². The molecule has 0 bridgehead atoms. The van der Waals surface area contributed by atoms with E-state index in [9.17, 15) is 8.78 Å². The highest BCUT2D eigenvalue weighted by molar-refractivity contribution is 5.47. The van der Waals surface area contributed by atoms with E-state index in [0.717, 1.165) is 5.69 Å². The van der Waals surface area contributed by atoms with Crippen LogP contribution in [0, 0.1) is 0 Å². The standard InChI is InChI=1S/C15H21F2NO/c16-15(17)19-14-10-8-13(9-11-14)18-12-6-4-2-1-3-5-7-12/h8-12,15,18H,1-7H2. The fraction of sp³-hybridized carbons (Fsp3) is 0.600. The Morgan fingerprint density at radius 2 is 1.53 bits per heavy atom. The highest BCUT2D eigenvalue weighted by atomic mass is 19.3. The lowest BCUT2D eigenvalue weighted by atomic mass is 9.96. The minimum Gasteiger partial charge on any atom is -0.435 e. The van der Waals surface area contributed by atoms with Crippen LogP contribution >= 0.6 is 0 Å². The second-order valence-electron chi connectivity index (χ2n) is 5.09. The van der Waals surface area contributed by atoms with Crippen molar-refractivity contribution >= 4 is 5.69 Å². The molecule has 106 valence electrons. The molecule has 0 atom stereocenters. The van der Waals surface area contributed by atoms with Gasteiger partial charge < -0.3 is 10.1 Å². The monoisotopic (exact) mass is 269 g/mol. The number of hydrogen-bond acceptors (Lipinski definition) is 2. The first-order valence-corrected chi connectivity index (χ1v) is 7.05. The molecule has 19 heavy (non-hydrogen) atoms. The summed E-state index contributed by atoms with van der Waals surface area (Å²) in [6.07, 6.45) is 8.91. The summed E-state index contributed by atoms with van der Waals surface area (Å²) in [7, 11) is 0. The Kier molecular flexibility index (Phi) is 5.43. The van der Waals surface area contributed by atoms with Crippen molar-refractivity contribution in [3.05, 3.63) is 24.3 Å². The third-order valence-corrected chi connectivity index (χ3v) is 3.56. The fourth-order valence-corrected chi connectivity index (χ4v) is 2.57. The van der Waals surface area contributed by atoms with Gasteiger partial charge in [0.25, 0.3) is 0 Å². The van der Waals surface area contributed by atoms with Crippen LogP contribution in [0.4, 0.5) is 14.5 Å². The van der Waals surface area contributed by atoms with Crippen LogP contribution in [0.15, 0.2) is 24.3 Å². The molecule has 0 saturated heterocycles. The molecule has 0 heterocycles. The number of anilines is 1. The number of halogens is 2. The van der Waals surface area contributed by atoms with Gasteiger partial charge in [0.05, 0.1) is 0 Å². The van der Waals surface area contributed by atoms with Crippen LogP contribution < -0.4 is 10.1 Å². The van der Waals surface area contributed by atoms with E-state index < -0.39 is 6.61 Å². The van der Waals surface area contributed by atoms with Crippen molar-refractivity contribution in [3.63, 3.8) is 0 Å². The van der Waals surface area contributed by atoms with E-state index in [1.165, 1.54) is 44.9 Å². The maximum atomic E-state index is 12.0. The zero-order valence-electron chi connectivity index (χ0n) is 11.1. The van der Waals surface area contributed by atoms with Crippen LogP contribution in [0.1, 0.15) is 44.9 Å². The van der Waals surface area contributed by atoms with E-state index in [0.29, 0.717) is 6.04 Å². The summed E-state index contributed by atoms with van der Waals surface area (Å²) in [4.78, 5) is 0. The van der Waals surface area contributed by atoms with Gasteiger partial charge in [-0.2, -0.15) is 8.78 Å². The van der Waals surface area contributed by atoms with Gasteiger partial charge in [-0.3, -0.25) is 0 Å². The van der Waals surface area contributed by atoms with Crippen molar-refractivity contribution in [2.75, 3.05) is 5.32 Å². The zero-order valence-corrected chi connectivity index (χ0v) is 11.1. The van der Waals surface area contributed by atoms with E-state index in [1.54, 1.807) is 24.3 Å². The molecule has 0 aliphatic heterocycles. The van der Waals surface area contributed by atoms with Crippen molar-refractivity contribution in [2.24, 2.45) is 0 Å². The van der Waals surface area contributed by atoms with Crippen molar-refractivity contribution in [1.82, 2.24) is 0 Å². The van der Waals surface area contributed by atoms with Gasteiger partial charge in [-0.15, -0.1) is 0 Å². The minimum absolute atomic E-state index is 0.207. The lowest BCUT2D eigenvalue weighted by Gasteiger charge is -2.22. The van der Waals surface area contributed by atoms with Crippen molar-refractivity contribution in [2.45, 2.75) is 57.6 Å². The van der Waals surface area contributed by atoms with E-state index in [4.69, 9.17) is 0 Å². The quantitative estimate of drug-likeness (QED) is 0.846. The number of alkyl halides is 2. The van der Waals surface area contributed by atoms with E-state index in [1.807, 2.05) is 0 Å². The van der Waals surface area contributed by atoms with Crippen LogP contribution in [0.2, 0.25) is 0 Å². The van der Waals surface area contributed by atoms with Crippen LogP contribution in [0.25, 0.3) is 0 Å². The molecule has 0 aromatic heterocycles. The largest absolute Gasteiger partial charge is 0.435 e. The van der Waals surface area contributed by atoms with Gasteiger partial charge in [-0.1, -0.05) is 32.1 Å². The fourth-order valence-electron chi connectivity index (χ4n) is 2.57. The average molecular weight is 269 g/mol. The molecule has 0 amide bonds. The molecular weight excluding hydrogens is 248 g/mol. The van der Waals surface area contributed by atoms with Crippen LogP contribution in [0.3, 0.4) is 0 Å². The first kappa shape index (κ1) is 14.1. The summed E-state index contributed by atoms with van der Waals surface area (Å²) in [5.41, 5.74) is 0.979. The number of benzene rings is 1. The van der Waals surface area contributed by atoms with Gasteiger partial charge in [0.15, 0.2) is 0 Å². The zero-order chi connectivity index (χ0) is 13.5. The minimum atomic E-state index is -2.76. The predicted octanol–water partition coefficient (Wildman–Crippen LogP) is 4.81. The molecule has 1 fully saturated rings. The summed E-state index contributed by atoms with van der Waals surface area (Å²) in [6.45, 7) is -2.76. The normalized spacial score (nSPS) is 17.8. The lowest BCUT2D eigenvalue weighted by molar-refractivity contribution is -0.0498. The Morgan fingerprint density at radius 1 is 0.947 bits per heavy atom. The molecule has 1 saturated carbocycles. The molecule has 1 aliphatic rings. The molecule has 0 spiro atoms. The first-order chi connectivity index (χ1) is 9.24. The van der Waals surface area contributed by atoms with E-state index >= 15 is 0 Å². The molecule has 1 aromatic carbocycles. The summed E-state index contributed by atoms with van der Waals surface area (Å²) < 4.78 is 28.4. The van der Waals surface area contributed by atoms with Gasteiger partial charge in [-0.05, 0) is 37.1 Å². The number of hydrogen-bond donors (Lipinski definition) is 1. The molecule has 1 aromatic rings. The Morgan fingerprint density at radius 3 is 2.11 bits per heavy atom. The van der Waals surface area contributed by atoms with E-state index in [-0.39, 0.29) is 5.75 Å². The molecule has 0 unspecified atom stereocenters. The first-order valence-electron chi connectivity index (χ1n) is 7.05.